The number of hydrogen-bond donors (Lipinski definition) is 2. The van der Waals surface area contributed by atoms with Crippen LogP contribution in [0.3, 0.4) is 0 Å². The second-order valence-corrected chi connectivity index (χ2v) is 4.19. The molecular formula is C11H8Cl2N4O. The highest BCUT2D eigenvalue weighted by Crippen LogP contribution is 2.20. The van der Waals surface area contributed by atoms with Gasteiger partial charge in [0.25, 0.3) is 5.91 Å². The fraction of sp³-hybridized carbons (Fsp3) is 0. The molecule has 0 saturated heterocycles. The van der Waals surface area contributed by atoms with Gasteiger partial charge in [-0.1, -0.05) is 23.2 Å². The van der Waals surface area contributed by atoms with Gasteiger partial charge in [0.2, 0.25) is 5.95 Å². The Labute approximate surface area is 113 Å². The maximum Gasteiger partial charge on any atom is 0.258 e. The topological polar surface area (TPSA) is 80.9 Å². The molecule has 1 aromatic carbocycles. The van der Waals surface area contributed by atoms with Crippen LogP contribution >= 0.6 is 23.2 Å². The van der Waals surface area contributed by atoms with Gasteiger partial charge in [-0.3, -0.25) is 10.1 Å². The number of nitrogens with one attached hydrogen (secondary N) is 1. The summed E-state index contributed by atoms with van der Waals surface area (Å²) >= 11 is 11.5. The van der Waals surface area contributed by atoms with Crippen LogP contribution in [-0.2, 0) is 0 Å². The van der Waals surface area contributed by atoms with Crippen molar-refractivity contribution in [2.75, 3.05) is 11.1 Å². The van der Waals surface area contributed by atoms with Gasteiger partial charge in [0, 0.05) is 11.8 Å². The molecule has 1 aromatic heterocycles. The Balaban J connectivity index is 2.19. The van der Waals surface area contributed by atoms with Gasteiger partial charge >= 0.3 is 0 Å². The monoisotopic (exact) mass is 282 g/mol. The minimum absolute atomic E-state index is 0.125. The fourth-order valence-corrected chi connectivity index (χ4v) is 1.56. The van der Waals surface area contributed by atoms with E-state index in [4.69, 9.17) is 28.9 Å². The third-order valence-corrected chi connectivity index (χ3v) is 2.65. The van der Waals surface area contributed by atoms with Crippen LogP contribution in [0, 0.1) is 0 Å². The molecule has 0 aliphatic carbocycles. The van der Waals surface area contributed by atoms with Gasteiger partial charge in [0.1, 0.15) is 5.15 Å². The van der Waals surface area contributed by atoms with E-state index in [2.05, 4.69) is 15.3 Å². The molecule has 0 atom stereocenters. The number of nitrogens with zero attached hydrogens (tertiary/aromatic N) is 2. The molecule has 92 valence electrons. The quantitative estimate of drug-likeness (QED) is 0.655. The Morgan fingerprint density at radius 3 is 2.72 bits per heavy atom. The summed E-state index contributed by atoms with van der Waals surface area (Å²) in [6, 6.07) is 6.09. The van der Waals surface area contributed by atoms with Crippen molar-refractivity contribution in [2.45, 2.75) is 0 Å². The van der Waals surface area contributed by atoms with Crippen LogP contribution in [0.5, 0.6) is 0 Å². The first kappa shape index (κ1) is 12.6. The Morgan fingerprint density at radius 1 is 1.28 bits per heavy atom. The van der Waals surface area contributed by atoms with Crippen LogP contribution in [0.4, 0.5) is 11.6 Å². The van der Waals surface area contributed by atoms with E-state index in [-0.39, 0.29) is 17.0 Å². The number of amides is 1. The highest BCUT2D eigenvalue weighted by molar-refractivity contribution is 6.33. The molecule has 1 amide bonds. The first-order valence-electron chi connectivity index (χ1n) is 4.91. The van der Waals surface area contributed by atoms with Crippen LogP contribution in [0.25, 0.3) is 0 Å². The van der Waals surface area contributed by atoms with Gasteiger partial charge in [-0.05, 0) is 24.3 Å². The zero-order valence-electron chi connectivity index (χ0n) is 9.02. The maximum absolute atomic E-state index is 11.9. The number of anilines is 2. The summed E-state index contributed by atoms with van der Waals surface area (Å²) in [7, 11) is 0. The maximum atomic E-state index is 11.9. The summed E-state index contributed by atoms with van der Waals surface area (Å²) in [5.74, 6) is -0.264. The number of halogens is 2. The molecule has 1 heterocycles. The zero-order chi connectivity index (χ0) is 13.1. The SMILES string of the molecule is Nc1ccc(C(=O)Nc2nccc(Cl)n2)cc1Cl. The second-order valence-electron chi connectivity index (χ2n) is 3.39. The van der Waals surface area contributed by atoms with Crippen LogP contribution in [-0.4, -0.2) is 15.9 Å². The molecule has 0 aliphatic rings. The van der Waals surface area contributed by atoms with E-state index in [0.717, 1.165) is 0 Å². The van der Waals surface area contributed by atoms with Gasteiger partial charge in [-0.25, -0.2) is 9.97 Å². The molecule has 0 unspecified atom stereocenters. The highest BCUT2D eigenvalue weighted by Gasteiger charge is 2.09. The summed E-state index contributed by atoms with van der Waals surface area (Å²) in [4.78, 5) is 19.6. The Kier molecular flexibility index (Phi) is 3.64. The minimum atomic E-state index is -0.390. The Hall–Kier alpha value is -1.85. The third-order valence-electron chi connectivity index (χ3n) is 2.11. The highest BCUT2D eigenvalue weighted by atomic mass is 35.5. The molecule has 0 spiro atoms. The number of carbonyl (C=O) groups is 1. The summed E-state index contributed by atoms with van der Waals surface area (Å²) in [5.41, 5.74) is 6.32. The fourth-order valence-electron chi connectivity index (χ4n) is 1.24. The first-order valence-corrected chi connectivity index (χ1v) is 5.67. The first-order chi connectivity index (χ1) is 8.56. The Morgan fingerprint density at radius 2 is 2.06 bits per heavy atom. The lowest BCUT2D eigenvalue weighted by molar-refractivity contribution is 0.102. The third kappa shape index (κ3) is 2.88. The van der Waals surface area contributed by atoms with Gasteiger partial charge in [-0.2, -0.15) is 0 Å². The van der Waals surface area contributed by atoms with Crippen LogP contribution in [0.1, 0.15) is 10.4 Å². The van der Waals surface area contributed by atoms with Gasteiger partial charge in [-0.15, -0.1) is 0 Å². The zero-order valence-corrected chi connectivity index (χ0v) is 10.5. The normalized spacial score (nSPS) is 10.1. The predicted molar refractivity (Wildman–Crippen MR) is 70.9 cm³/mol. The second kappa shape index (κ2) is 5.20. The number of rotatable bonds is 2. The molecule has 0 radical (unpaired) electrons. The van der Waals surface area contributed by atoms with Crippen molar-refractivity contribution in [1.29, 1.82) is 0 Å². The number of nitrogen functional groups attached to an aromatic ring is 1. The van der Waals surface area contributed by atoms with Crippen molar-refractivity contribution in [2.24, 2.45) is 0 Å². The average Bonchev–Trinajstić information content (AvgIpc) is 2.32. The van der Waals surface area contributed by atoms with E-state index in [0.29, 0.717) is 16.3 Å². The predicted octanol–water partition coefficient (Wildman–Crippen LogP) is 2.62. The molecule has 2 rings (SSSR count). The van der Waals surface area contributed by atoms with Crippen molar-refractivity contribution in [3.63, 3.8) is 0 Å². The van der Waals surface area contributed by atoms with Crippen molar-refractivity contribution in [3.8, 4) is 0 Å². The number of hydrogen-bond acceptors (Lipinski definition) is 4. The van der Waals surface area contributed by atoms with E-state index in [1.54, 1.807) is 12.1 Å². The number of aromatic nitrogens is 2. The van der Waals surface area contributed by atoms with E-state index in [9.17, 15) is 4.79 Å². The summed E-state index contributed by atoms with van der Waals surface area (Å²) < 4.78 is 0. The van der Waals surface area contributed by atoms with Gasteiger partial charge < -0.3 is 5.73 Å². The van der Waals surface area contributed by atoms with E-state index >= 15 is 0 Å². The lowest BCUT2D eigenvalue weighted by atomic mass is 10.2. The number of nitrogens with two attached hydrogens (primary N) is 1. The summed E-state index contributed by atoms with van der Waals surface area (Å²) in [6.45, 7) is 0. The van der Waals surface area contributed by atoms with Crippen molar-refractivity contribution in [1.82, 2.24) is 9.97 Å². The standard InChI is InChI=1S/C11H8Cl2N4O/c12-7-5-6(1-2-8(7)14)10(18)17-11-15-4-3-9(13)16-11/h1-5H,14H2,(H,15,16,17,18). The van der Waals surface area contributed by atoms with Crippen LogP contribution < -0.4 is 11.1 Å². The van der Waals surface area contributed by atoms with Crippen molar-refractivity contribution >= 4 is 40.7 Å². The molecule has 5 nitrogen and oxygen atoms in total. The van der Waals surface area contributed by atoms with E-state index < -0.39 is 0 Å². The molecule has 0 bridgehead atoms. The smallest absolute Gasteiger partial charge is 0.258 e. The molecule has 3 N–H and O–H groups in total. The average molecular weight is 283 g/mol. The molecule has 18 heavy (non-hydrogen) atoms. The largest absolute Gasteiger partial charge is 0.398 e. The van der Waals surface area contributed by atoms with Crippen LogP contribution in [0.15, 0.2) is 30.5 Å². The van der Waals surface area contributed by atoms with Crippen LogP contribution in [0.2, 0.25) is 10.2 Å². The van der Waals surface area contributed by atoms with E-state index in [1.165, 1.54) is 18.3 Å². The molecule has 7 heteroatoms. The molecular weight excluding hydrogens is 275 g/mol. The van der Waals surface area contributed by atoms with E-state index in [1.807, 2.05) is 0 Å². The van der Waals surface area contributed by atoms with Gasteiger partial charge in [0.15, 0.2) is 0 Å². The Bertz CT molecular complexity index is 603. The lowest BCUT2D eigenvalue weighted by Gasteiger charge is -2.05. The lowest BCUT2D eigenvalue weighted by Crippen LogP contribution is -2.14. The molecule has 0 fully saturated rings. The molecule has 0 saturated carbocycles. The minimum Gasteiger partial charge on any atom is -0.398 e. The number of carbonyl (C=O) groups excluding carboxylic acids is 1. The van der Waals surface area contributed by atoms with Crippen molar-refractivity contribution < 1.29 is 4.79 Å². The molecule has 2 aromatic rings. The van der Waals surface area contributed by atoms with Crippen molar-refractivity contribution in [3.05, 3.63) is 46.2 Å². The summed E-state index contributed by atoms with van der Waals surface area (Å²) in [5, 5.41) is 3.06. The molecule has 0 aliphatic heterocycles. The number of benzene rings is 1. The summed E-state index contributed by atoms with van der Waals surface area (Å²) in [6.07, 6.45) is 1.45. The van der Waals surface area contributed by atoms with Gasteiger partial charge in [0.05, 0.1) is 10.7 Å².